The Morgan fingerprint density at radius 2 is 1.80 bits per heavy atom. The van der Waals surface area contributed by atoms with Crippen LogP contribution in [-0.2, 0) is 45.7 Å². The summed E-state index contributed by atoms with van der Waals surface area (Å²) in [6, 6.07) is 7.00. The van der Waals surface area contributed by atoms with Crippen molar-refractivity contribution in [1.82, 2.24) is 9.78 Å². The van der Waals surface area contributed by atoms with Crippen LogP contribution in [0.2, 0.25) is 0 Å². The molecule has 7 heteroatoms. The van der Waals surface area contributed by atoms with E-state index < -0.39 is 18.5 Å². The summed E-state index contributed by atoms with van der Waals surface area (Å²) in [4.78, 5) is 12.4. The average molecular weight is 428 g/mol. The third-order valence-electron chi connectivity index (χ3n) is 3.26. The molecule has 0 fully saturated rings. The number of hydrogen-bond acceptors (Lipinski definition) is 3. The van der Waals surface area contributed by atoms with Crippen molar-refractivity contribution in [3.05, 3.63) is 53.3 Å². The minimum absolute atomic E-state index is 0. The predicted octanol–water partition coefficient (Wildman–Crippen LogP) is 4.23. The fourth-order valence-corrected chi connectivity index (χ4v) is 2.20. The molecule has 0 saturated heterocycles. The molecule has 0 bridgehead atoms. The topological polar surface area (TPSA) is 55.1 Å². The second-order valence-corrected chi connectivity index (χ2v) is 4.72. The van der Waals surface area contributed by atoms with Crippen molar-refractivity contribution < 1.29 is 46.6 Å². The predicted molar refractivity (Wildman–Crippen MR) is 93.5 cm³/mol. The van der Waals surface area contributed by atoms with E-state index in [0.717, 1.165) is 10.2 Å². The second-order valence-electron chi connectivity index (χ2n) is 4.72. The minimum atomic E-state index is -2.69. The van der Waals surface area contributed by atoms with Crippen LogP contribution in [0.4, 0.5) is 8.78 Å². The number of aromatic nitrogens is 2. The Morgan fingerprint density at radius 1 is 1.24 bits per heavy atom. The maximum atomic E-state index is 12.6. The number of benzene rings is 1. The van der Waals surface area contributed by atoms with Crippen LogP contribution >= 0.6 is 0 Å². The Balaban J connectivity index is 0. The van der Waals surface area contributed by atoms with Crippen LogP contribution in [0.5, 0.6) is 5.75 Å². The number of alkyl halides is 2. The summed E-state index contributed by atoms with van der Waals surface area (Å²) >= 11 is 0. The fourth-order valence-electron chi connectivity index (χ4n) is 2.20. The van der Waals surface area contributed by atoms with E-state index in [1.807, 2.05) is 13.8 Å². The zero-order valence-electron chi connectivity index (χ0n) is 15.4. The molecule has 0 unspecified atom stereocenters. The number of nitrogens with zero attached hydrogens (tertiary/aromatic N) is 2. The van der Waals surface area contributed by atoms with Gasteiger partial charge in [0.1, 0.15) is 12.2 Å². The third kappa shape index (κ3) is 6.26. The van der Waals surface area contributed by atoms with Gasteiger partial charge in [0.2, 0.25) is 0 Å². The summed E-state index contributed by atoms with van der Waals surface area (Å²) in [5.41, 5.74) is 0.857. The summed E-state index contributed by atoms with van der Waals surface area (Å²) in [5, 5.41) is 14.1. The molecule has 1 N–H and O–H groups in total. The summed E-state index contributed by atoms with van der Waals surface area (Å²) in [6.45, 7) is 6.74. The molecule has 137 valence electrons. The number of rotatable bonds is 4. The van der Waals surface area contributed by atoms with E-state index in [4.69, 9.17) is 0 Å². The number of aromatic hydroxyl groups is 1. The van der Waals surface area contributed by atoms with Gasteiger partial charge in [-0.1, -0.05) is 45.0 Å². The van der Waals surface area contributed by atoms with Gasteiger partial charge in [0, 0.05) is 32.7 Å². The maximum Gasteiger partial charge on any atom is 0.278 e. The average Bonchev–Trinajstić information content (AvgIpc) is 2.53. The Labute approximate surface area is 173 Å². The first-order valence-electron chi connectivity index (χ1n) is 7.62. The molecule has 1 radical (unpaired) electrons. The van der Waals surface area contributed by atoms with E-state index in [1.54, 1.807) is 38.1 Å². The van der Waals surface area contributed by atoms with Gasteiger partial charge in [0.15, 0.2) is 5.75 Å². The quantitative estimate of drug-likeness (QED) is 0.742. The summed E-state index contributed by atoms with van der Waals surface area (Å²) in [5.74, 6) is -0.234. The SMILES string of the molecule is CC.CCc1nn(CC(F)F)c(=O)c(-c2ccccc2C)c1O.[CH3-].[Y]. The molecule has 2 aromatic rings. The molecule has 1 aromatic carbocycles. The van der Waals surface area contributed by atoms with Gasteiger partial charge in [-0.05, 0) is 24.5 Å². The summed E-state index contributed by atoms with van der Waals surface area (Å²) < 4.78 is 25.9. The largest absolute Gasteiger partial charge is 0.505 e. The molecule has 0 saturated carbocycles. The Morgan fingerprint density at radius 3 is 2.28 bits per heavy atom. The number of hydrogen-bond donors (Lipinski definition) is 1. The van der Waals surface area contributed by atoms with Gasteiger partial charge in [-0.2, -0.15) is 5.10 Å². The van der Waals surface area contributed by atoms with Gasteiger partial charge >= 0.3 is 0 Å². The van der Waals surface area contributed by atoms with E-state index in [0.29, 0.717) is 12.0 Å². The first-order chi connectivity index (χ1) is 11.0. The van der Waals surface area contributed by atoms with Crippen molar-refractivity contribution in [1.29, 1.82) is 0 Å². The molecular formula is C18H25F2N2O2Y-. The van der Waals surface area contributed by atoms with Crippen LogP contribution in [0.25, 0.3) is 11.1 Å². The van der Waals surface area contributed by atoms with Crippen LogP contribution < -0.4 is 5.56 Å². The molecule has 0 aliphatic heterocycles. The van der Waals surface area contributed by atoms with E-state index in [9.17, 15) is 18.7 Å². The Hall–Kier alpha value is -1.14. The zero-order chi connectivity index (χ0) is 17.6. The smallest absolute Gasteiger partial charge is 0.278 e. The van der Waals surface area contributed by atoms with Crippen LogP contribution in [0.3, 0.4) is 0 Å². The molecule has 0 atom stereocenters. The molecule has 1 heterocycles. The molecule has 0 aliphatic rings. The monoisotopic (exact) mass is 428 g/mol. The van der Waals surface area contributed by atoms with Gasteiger partial charge in [0.25, 0.3) is 12.0 Å². The van der Waals surface area contributed by atoms with Crippen LogP contribution in [-0.4, -0.2) is 21.3 Å². The summed E-state index contributed by atoms with van der Waals surface area (Å²) in [7, 11) is 0. The van der Waals surface area contributed by atoms with E-state index >= 15 is 0 Å². The van der Waals surface area contributed by atoms with Gasteiger partial charge in [-0.25, -0.2) is 13.5 Å². The van der Waals surface area contributed by atoms with Gasteiger partial charge in [0.05, 0.1) is 5.56 Å². The fraction of sp³-hybridized carbons (Fsp3) is 0.389. The van der Waals surface area contributed by atoms with Crippen LogP contribution in [0, 0.1) is 14.4 Å². The molecular weight excluding hydrogens is 403 g/mol. The maximum absolute atomic E-state index is 12.6. The zero-order valence-corrected chi connectivity index (χ0v) is 18.2. The molecule has 2 rings (SSSR count). The van der Waals surface area contributed by atoms with Crippen molar-refractivity contribution in [3.8, 4) is 16.9 Å². The molecule has 1 aromatic heterocycles. The molecule has 25 heavy (non-hydrogen) atoms. The Bertz CT molecular complexity index is 719. The first-order valence-corrected chi connectivity index (χ1v) is 7.62. The van der Waals surface area contributed by atoms with Gasteiger partial charge in [-0.3, -0.25) is 4.79 Å². The van der Waals surface area contributed by atoms with Crippen molar-refractivity contribution in [2.24, 2.45) is 0 Å². The van der Waals surface area contributed by atoms with Gasteiger partial charge in [-0.15, -0.1) is 0 Å². The molecule has 0 aliphatic carbocycles. The number of halogens is 2. The van der Waals surface area contributed by atoms with Crippen molar-refractivity contribution in [2.75, 3.05) is 0 Å². The first kappa shape index (κ1) is 26.1. The third-order valence-corrected chi connectivity index (χ3v) is 3.26. The molecule has 0 spiro atoms. The van der Waals surface area contributed by atoms with Crippen molar-refractivity contribution >= 4 is 0 Å². The van der Waals surface area contributed by atoms with E-state index in [2.05, 4.69) is 5.10 Å². The van der Waals surface area contributed by atoms with Crippen molar-refractivity contribution in [3.63, 3.8) is 0 Å². The molecule has 4 nitrogen and oxygen atoms in total. The standard InChI is InChI=1S/C15H16F2N2O2.C2H6.CH3.Y/c1-3-11-14(20)13(10-7-5-4-6-9(10)2)15(21)19(18-11)8-12(16)17;1-2;;/h4-7,12,20H,3,8H2,1-2H3;1-2H3;1H3;/q;;-1;. The van der Waals surface area contributed by atoms with E-state index in [1.165, 1.54) is 0 Å². The number of aryl methyl sites for hydroxylation is 2. The molecule has 0 amide bonds. The van der Waals surface area contributed by atoms with Crippen molar-refractivity contribution in [2.45, 2.75) is 47.1 Å². The second kappa shape index (κ2) is 12.3. The van der Waals surface area contributed by atoms with Gasteiger partial charge < -0.3 is 12.5 Å². The van der Waals surface area contributed by atoms with Crippen LogP contribution in [0.1, 0.15) is 32.0 Å². The Kier molecular flexibility index (Phi) is 12.8. The van der Waals surface area contributed by atoms with E-state index in [-0.39, 0.29) is 57.1 Å². The summed E-state index contributed by atoms with van der Waals surface area (Å²) in [6.07, 6.45) is -2.34. The van der Waals surface area contributed by atoms with Crippen LogP contribution in [0.15, 0.2) is 29.1 Å². The normalized spacial score (nSPS) is 9.56. The minimum Gasteiger partial charge on any atom is -0.505 e.